The van der Waals surface area contributed by atoms with Gasteiger partial charge < -0.3 is 9.15 Å². The highest BCUT2D eigenvalue weighted by Crippen LogP contribution is 2.29. The molecule has 0 saturated heterocycles. The summed E-state index contributed by atoms with van der Waals surface area (Å²) in [5.74, 6) is 1.49. The first kappa shape index (κ1) is 22.1. The van der Waals surface area contributed by atoms with Gasteiger partial charge in [-0.15, -0.1) is 0 Å². The first-order valence-corrected chi connectivity index (χ1v) is 11.8. The molecule has 5 rings (SSSR count). The van der Waals surface area contributed by atoms with Crippen LogP contribution in [0.5, 0.6) is 5.75 Å². The molecule has 0 aliphatic heterocycles. The Labute approximate surface area is 204 Å². The van der Waals surface area contributed by atoms with E-state index in [4.69, 9.17) is 14.1 Å². The Morgan fingerprint density at radius 3 is 2.76 bits per heavy atom. The number of nitrogens with zero attached hydrogens (tertiary/aromatic N) is 3. The summed E-state index contributed by atoms with van der Waals surface area (Å²) >= 11 is 3.49. The fraction of sp³-hybridized carbons (Fsp3) is 0.148. The zero-order valence-corrected chi connectivity index (χ0v) is 20.3. The van der Waals surface area contributed by atoms with Gasteiger partial charge in [0, 0.05) is 15.4 Å². The van der Waals surface area contributed by atoms with Crippen molar-refractivity contribution in [3.05, 3.63) is 93.2 Å². The van der Waals surface area contributed by atoms with Gasteiger partial charge in [-0.05, 0) is 61.9 Å². The predicted molar refractivity (Wildman–Crippen MR) is 139 cm³/mol. The maximum absolute atomic E-state index is 13.5. The third-order valence-electron chi connectivity index (χ3n) is 5.59. The fourth-order valence-corrected chi connectivity index (χ4v) is 4.01. The number of rotatable bonds is 6. The molecule has 0 bridgehead atoms. The molecular formula is C27H22BrN3O3. The lowest BCUT2D eigenvalue weighted by molar-refractivity contribution is 0.217. The van der Waals surface area contributed by atoms with E-state index in [0.29, 0.717) is 33.8 Å². The van der Waals surface area contributed by atoms with Crippen LogP contribution in [0.2, 0.25) is 0 Å². The standard InChI is InChI=1S/C27H22BrN3O3/c1-3-17(2)33-23-11-7-4-8-18(23)16-29-31-26(30-22-10-6-5-9-21(22)27(31)32)25-15-19-14-20(28)12-13-24(19)34-25/h4-17H,3H2,1-2H3/t17-/m0/s1. The molecule has 0 aliphatic carbocycles. The average molecular weight is 516 g/mol. The predicted octanol–water partition coefficient (Wildman–Crippen LogP) is 6.63. The summed E-state index contributed by atoms with van der Waals surface area (Å²) in [6.07, 6.45) is 2.56. The van der Waals surface area contributed by atoms with Gasteiger partial charge in [-0.3, -0.25) is 4.79 Å². The Morgan fingerprint density at radius 1 is 1.12 bits per heavy atom. The molecule has 7 heteroatoms. The normalized spacial score (nSPS) is 12.6. The summed E-state index contributed by atoms with van der Waals surface area (Å²) in [5.41, 5.74) is 1.76. The highest BCUT2D eigenvalue weighted by molar-refractivity contribution is 9.10. The highest BCUT2D eigenvalue weighted by Gasteiger charge is 2.17. The molecule has 0 N–H and O–H groups in total. The van der Waals surface area contributed by atoms with E-state index in [9.17, 15) is 4.79 Å². The summed E-state index contributed by atoms with van der Waals surface area (Å²) in [5, 5.41) is 5.93. The van der Waals surface area contributed by atoms with Crippen molar-refractivity contribution in [3.8, 4) is 17.3 Å². The number of para-hydroxylation sites is 2. The van der Waals surface area contributed by atoms with Gasteiger partial charge in [-0.2, -0.15) is 9.78 Å². The average Bonchev–Trinajstić information content (AvgIpc) is 3.27. The third kappa shape index (κ3) is 4.26. The number of benzene rings is 3. The van der Waals surface area contributed by atoms with Gasteiger partial charge in [0.15, 0.2) is 5.76 Å². The summed E-state index contributed by atoms with van der Waals surface area (Å²) in [4.78, 5) is 18.2. The zero-order chi connectivity index (χ0) is 23.7. The molecule has 34 heavy (non-hydrogen) atoms. The van der Waals surface area contributed by atoms with E-state index in [2.05, 4.69) is 28.0 Å². The molecule has 0 aliphatic rings. The van der Waals surface area contributed by atoms with Gasteiger partial charge in [0.1, 0.15) is 11.3 Å². The molecule has 0 spiro atoms. The topological polar surface area (TPSA) is 69.6 Å². The van der Waals surface area contributed by atoms with Crippen LogP contribution in [0.1, 0.15) is 25.8 Å². The Morgan fingerprint density at radius 2 is 1.91 bits per heavy atom. The monoisotopic (exact) mass is 515 g/mol. The van der Waals surface area contributed by atoms with E-state index in [1.807, 2.05) is 73.7 Å². The molecule has 1 atom stereocenters. The molecule has 6 nitrogen and oxygen atoms in total. The second kappa shape index (κ2) is 9.27. The van der Waals surface area contributed by atoms with Gasteiger partial charge in [-0.1, -0.05) is 47.1 Å². The van der Waals surface area contributed by atoms with Gasteiger partial charge in [0.2, 0.25) is 5.82 Å². The summed E-state index contributed by atoms with van der Waals surface area (Å²) in [7, 11) is 0. The first-order valence-electron chi connectivity index (χ1n) is 11.0. The van der Waals surface area contributed by atoms with Crippen LogP contribution in [0.15, 0.2) is 91.6 Å². The minimum absolute atomic E-state index is 0.0602. The molecule has 0 amide bonds. The van der Waals surface area contributed by atoms with Crippen molar-refractivity contribution in [2.45, 2.75) is 26.4 Å². The summed E-state index contributed by atoms with van der Waals surface area (Å²) in [6, 6.07) is 22.4. The Hall–Kier alpha value is -3.71. The molecule has 5 aromatic rings. The number of halogens is 1. The Balaban J connectivity index is 1.68. The van der Waals surface area contributed by atoms with Gasteiger partial charge in [0.25, 0.3) is 5.56 Å². The van der Waals surface area contributed by atoms with Crippen molar-refractivity contribution in [3.63, 3.8) is 0 Å². The molecule has 0 fully saturated rings. The number of aromatic nitrogens is 2. The Kier molecular flexibility index (Phi) is 6.02. The molecular weight excluding hydrogens is 494 g/mol. The van der Waals surface area contributed by atoms with Crippen molar-refractivity contribution < 1.29 is 9.15 Å². The van der Waals surface area contributed by atoms with Crippen LogP contribution in [0.4, 0.5) is 0 Å². The maximum Gasteiger partial charge on any atom is 0.282 e. The Bertz CT molecular complexity index is 1590. The van der Waals surface area contributed by atoms with Gasteiger partial charge >= 0.3 is 0 Å². The summed E-state index contributed by atoms with van der Waals surface area (Å²) in [6.45, 7) is 4.09. The third-order valence-corrected chi connectivity index (χ3v) is 6.08. The van der Waals surface area contributed by atoms with E-state index < -0.39 is 0 Å². The molecule has 0 unspecified atom stereocenters. The smallest absolute Gasteiger partial charge is 0.282 e. The minimum atomic E-state index is -0.279. The van der Waals surface area contributed by atoms with E-state index >= 15 is 0 Å². The van der Waals surface area contributed by atoms with Crippen LogP contribution in [0.3, 0.4) is 0 Å². The number of ether oxygens (including phenoxy) is 1. The van der Waals surface area contributed by atoms with Crippen molar-refractivity contribution in [1.82, 2.24) is 9.66 Å². The lowest BCUT2D eigenvalue weighted by Crippen LogP contribution is -2.20. The first-order chi connectivity index (χ1) is 16.5. The molecule has 170 valence electrons. The number of hydrogen-bond donors (Lipinski definition) is 0. The van der Waals surface area contributed by atoms with Crippen LogP contribution in [-0.4, -0.2) is 22.0 Å². The van der Waals surface area contributed by atoms with E-state index in [-0.39, 0.29) is 11.7 Å². The number of furan rings is 1. The van der Waals surface area contributed by atoms with Crippen molar-refractivity contribution >= 4 is 44.0 Å². The van der Waals surface area contributed by atoms with Crippen LogP contribution in [-0.2, 0) is 0 Å². The second-order valence-corrected chi connectivity index (χ2v) is 8.90. The maximum atomic E-state index is 13.5. The van der Waals surface area contributed by atoms with Crippen molar-refractivity contribution in [1.29, 1.82) is 0 Å². The largest absolute Gasteiger partial charge is 0.490 e. The lowest BCUT2D eigenvalue weighted by Gasteiger charge is -2.14. The van der Waals surface area contributed by atoms with Crippen LogP contribution in [0, 0.1) is 0 Å². The van der Waals surface area contributed by atoms with Crippen LogP contribution in [0.25, 0.3) is 33.5 Å². The van der Waals surface area contributed by atoms with E-state index in [0.717, 1.165) is 21.8 Å². The molecule has 3 aromatic carbocycles. The second-order valence-electron chi connectivity index (χ2n) is 7.98. The van der Waals surface area contributed by atoms with E-state index in [1.165, 1.54) is 4.68 Å². The SMILES string of the molecule is CC[C@H](C)Oc1ccccc1C=Nn1c(-c2cc3cc(Br)ccc3o2)nc2ccccc2c1=O. The quantitative estimate of drug-likeness (QED) is 0.238. The van der Waals surface area contributed by atoms with Crippen molar-refractivity contribution in [2.24, 2.45) is 5.10 Å². The molecule has 2 aromatic heterocycles. The van der Waals surface area contributed by atoms with Gasteiger partial charge in [0.05, 0.1) is 23.2 Å². The zero-order valence-electron chi connectivity index (χ0n) is 18.7. The lowest BCUT2D eigenvalue weighted by atomic mass is 10.2. The van der Waals surface area contributed by atoms with Crippen LogP contribution < -0.4 is 10.3 Å². The molecule has 0 radical (unpaired) electrons. The van der Waals surface area contributed by atoms with E-state index in [1.54, 1.807) is 12.3 Å². The number of hydrogen-bond acceptors (Lipinski definition) is 5. The van der Waals surface area contributed by atoms with Crippen LogP contribution >= 0.6 is 15.9 Å². The molecule has 2 heterocycles. The highest BCUT2D eigenvalue weighted by atomic mass is 79.9. The fourth-order valence-electron chi connectivity index (χ4n) is 3.63. The molecule has 0 saturated carbocycles. The number of fused-ring (bicyclic) bond motifs is 2. The summed E-state index contributed by atoms with van der Waals surface area (Å²) < 4.78 is 14.3. The minimum Gasteiger partial charge on any atom is -0.490 e. The van der Waals surface area contributed by atoms with Gasteiger partial charge in [-0.25, -0.2) is 4.98 Å². The van der Waals surface area contributed by atoms with Crippen molar-refractivity contribution in [2.75, 3.05) is 0 Å².